The van der Waals surface area contributed by atoms with Gasteiger partial charge in [-0.2, -0.15) is 13.2 Å². The summed E-state index contributed by atoms with van der Waals surface area (Å²) in [4.78, 5) is 0. The highest BCUT2D eigenvalue weighted by Crippen LogP contribution is 2.32. The Morgan fingerprint density at radius 2 is 1.95 bits per heavy atom. The highest BCUT2D eigenvalue weighted by molar-refractivity contribution is 7.88. The zero-order chi connectivity index (χ0) is 16.4. The van der Waals surface area contributed by atoms with Crippen LogP contribution in [0.15, 0.2) is 48.3 Å². The fourth-order valence-electron chi connectivity index (χ4n) is 1.91. The van der Waals surface area contributed by atoms with Crippen molar-refractivity contribution in [2.24, 2.45) is 0 Å². The number of alkyl halides is 3. The van der Waals surface area contributed by atoms with Crippen molar-refractivity contribution in [2.75, 3.05) is 0 Å². The van der Waals surface area contributed by atoms with Crippen LogP contribution in [0.5, 0.6) is 0 Å². The Bertz CT molecular complexity index is 711. The van der Waals surface area contributed by atoms with Crippen molar-refractivity contribution in [3.05, 3.63) is 59.4 Å². The van der Waals surface area contributed by atoms with E-state index in [1.807, 2.05) is 0 Å². The van der Waals surface area contributed by atoms with Gasteiger partial charge in [0.15, 0.2) is 6.23 Å². The van der Waals surface area contributed by atoms with E-state index in [9.17, 15) is 26.7 Å². The maximum Gasteiger partial charge on any atom is 0.416 e. The highest BCUT2D eigenvalue weighted by Gasteiger charge is 2.34. The molecule has 0 saturated heterocycles. The fourth-order valence-corrected chi connectivity index (χ4v) is 3.18. The number of hydrogen-bond acceptors (Lipinski definition) is 4. The van der Waals surface area contributed by atoms with Gasteiger partial charge >= 0.3 is 6.18 Å². The van der Waals surface area contributed by atoms with Gasteiger partial charge in [0.1, 0.15) is 0 Å². The molecule has 0 fully saturated rings. The smallest absolute Gasteiger partial charge is 0.368 e. The van der Waals surface area contributed by atoms with Gasteiger partial charge in [0, 0.05) is 0 Å². The topological polar surface area (TPSA) is 78.4 Å². The summed E-state index contributed by atoms with van der Waals surface area (Å²) in [6, 6.07) is 4.45. The minimum absolute atomic E-state index is 0.0630. The number of hydrogen-bond donors (Lipinski definition) is 3. The lowest BCUT2D eigenvalue weighted by Crippen LogP contribution is -2.38. The lowest BCUT2D eigenvalue weighted by Gasteiger charge is -2.20. The molecule has 0 saturated carbocycles. The Balaban J connectivity index is 2.23. The van der Waals surface area contributed by atoms with E-state index < -0.39 is 33.7 Å². The molecular formula is C13H13F3N2O3S. The van der Waals surface area contributed by atoms with Crippen molar-refractivity contribution in [3.63, 3.8) is 0 Å². The van der Waals surface area contributed by atoms with Crippen LogP contribution in [0.3, 0.4) is 0 Å². The van der Waals surface area contributed by atoms with Gasteiger partial charge in [-0.25, -0.2) is 8.42 Å². The first kappa shape index (κ1) is 16.4. The molecule has 0 radical (unpaired) electrons. The zero-order valence-electron chi connectivity index (χ0n) is 11.1. The molecule has 120 valence electrons. The van der Waals surface area contributed by atoms with Gasteiger partial charge in [0.25, 0.3) is 0 Å². The maximum atomic E-state index is 12.9. The van der Waals surface area contributed by atoms with Crippen molar-refractivity contribution in [3.8, 4) is 0 Å². The van der Waals surface area contributed by atoms with Crippen molar-refractivity contribution >= 4 is 10.0 Å². The number of aliphatic hydroxyl groups is 1. The van der Waals surface area contributed by atoms with E-state index >= 15 is 0 Å². The van der Waals surface area contributed by atoms with Gasteiger partial charge in [-0.05, 0) is 30.0 Å². The Morgan fingerprint density at radius 3 is 2.59 bits per heavy atom. The summed E-state index contributed by atoms with van der Waals surface area (Å²) in [5.41, 5.74) is -1.43. The van der Waals surface area contributed by atoms with Crippen LogP contribution in [-0.4, -0.2) is 19.8 Å². The first-order valence-corrected chi connectivity index (χ1v) is 7.81. The summed E-state index contributed by atoms with van der Waals surface area (Å²) in [6.07, 6.45) is -1.73. The number of halogens is 3. The molecule has 2 rings (SSSR count). The molecular weight excluding hydrogens is 321 g/mol. The van der Waals surface area contributed by atoms with E-state index in [0.717, 1.165) is 12.1 Å². The molecule has 0 bridgehead atoms. The first-order valence-electron chi connectivity index (χ1n) is 6.15. The Morgan fingerprint density at radius 1 is 1.27 bits per heavy atom. The molecule has 1 atom stereocenters. The van der Waals surface area contributed by atoms with Crippen LogP contribution >= 0.6 is 0 Å². The number of benzene rings is 1. The van der Waals surface area contributed by atoms with Crippen LogP contribution in [0, 0.1) is 0 Å². The number of sulfonamides is 1. The van der Waals surface area contributed by atoms with Crippen LogP contribution in [0.4, 0.5) is 13.2 Å². The van der Waals surface area contributed by atoms with Gasteiger partial charge in [-0.1, -0.05) is 18.2 Å². The van der Waals surface area contributed by atoms with E-state index in [2.05, 4.69) is 10.0 Å². The summed E-state index contributed by atoms with van der Waals surface area (Å²) in [7, 11) is -4.10. The minimum Gasteiger partial charge on any atom is -0.368 e. The molecule has 1 unspecified atom stereocenters. The van der Waals surface area contributed by atoms with Crippen molar-refractivity contribution in [2.45, 2.75) is 18.2 Å². The summed E-state index contributed by atoms with van der Waals surface area (Å²) in [5.74, 6) is -0.851. The van der Waals surface area contributed by atoms with E-state index in [4.69, 9.17) is 0 Å². The van der Waals surface area contributed by atoms with Crippen LogP contribution in [0.1, 0.15) is 11.1 Å². The summed E-state index contributed by atoms with van der Waals surface area (Å²) < 4.78 is 64.7. The van der Waals surface area contributed by atoms with Gasteiger partial charge < -0.3 is 10.4 Å². The SMILES string of the molecule is O=S(=O)(Cc1ccccc1C(F)(F)F)NC1=CC=CNC1O. The molecule has 3 N–H and O–H groups in total. The second-order valence-corrected chi connectivity index (χ2v) is 6.29. The average molecular weight is 334 g/mol. The Labute approximate surface area is 125 Å². The monoisotopic (exact) mass is 334 g/mol. The van der Waals surface area contributed by atoms with Crippen molar-refractivity contribution in [1.82, 2.24) is 10.0 Å². The molecule has 0 amide bonds. The Kier molecular flexibility index (Phi) is 4.47. The van der Waals surface area contributed by atoms with E-state index in [-0.39, 0.29) is 11.3 Å². The molecule has 1 heterocycles. The summed E-state index contributed by atoms with van der Waals surface area (Å²) in [5, 5.41) is 12.0. The lowest BCUT2D eigenvalue weighted by molar-refractivity contribution is -0.138. The second-order valence-electron chi connectivity index (χ2n) is 4.57. The summed E-state index contributed by atoms with van der Waals surface area (Å²) in [6.45, 7) is 0. The van der Waals surface area contributed by atoms with Gasteiger partial charge in [-0.3, -0.25) is 4.72 Å². The largest absolute Gasteiger partial charge is 0.416 e. The fraction of sp³-hybridized carbons (Fsp3) is 0.231. The van der Waals surface area contributed by atoms with Crippen LogP contribution in [-0.2, 0) is 22.0 Å². The molecule has 5 nitrogen and oxygen atoms in total. The standard InChI is InChI=1S/C13H13F3N2O3S/c14-13(15,16)10-5-2-1-4-9(10)8-22(20,21)18-11-6-3-7-17-12(11)19/h1-7,12,17-19H,8H2. The Hall–Kier alpha value is -2.00. The molecule has 9 heteroatoms. The van der Waals surface area contributed by atoms with Crippen LogP contribution in [0.2, 0.25) is 0 Å². The third-order valence-corrected chi connectivity index (χ3v) is 4.10. The zero-order valence-corrected chi connectivity index (χ0v) is 11.9. The molecule has 1 aromatic rings. The molecule has 0 aromatic heterocycles. The van der Waals surface area contributed by atoms with Crippen LogP contribution in [0.25, 0.3) is 0 Å². The number of allylic oxidation sites excluding steroid dienone is 2. The van der Waals surface area contributed by atoms with Gasteiger partial charge in [0.05, 0.1) is 17.0 Å². The highest BCUT2D eigenvalue weighted by atomic mass is 32.2. The van der Waals surface area contributed by atoms with Gasteiger partial charge in [-0.15, -0.1) is 0 Å². The molecule has 1 aliphatic rings. The molecule has 0 aliphatic carbocycles. The molecule has 1 aromatic carbocycles. The van der Waals surface area contributed by atoms with E-state index in [0.29, 0.717) is 0 Å². The van der Waals surface area contributed by atoms with Crippen molar-refractivity contribution in [1.29, 1.82) is 0 Å². The first-order chi connectivity index (χ1) is 10.2. The number of dihydropyridines is 1. The predicted molar refractivity (Wildman–Crippen MR) is 73.6 cm³/mol. The lowest BCUT2D eigenvalue weighted by atomic mass is 10.1. The maximum absolute atomic E-state index is 12.9. The molecule has 0 spiro atoms. The minimum atomic E-state index is -4.64. The number of nitrogens with one attached hydrogen (secondary N) is 2. The quantitative estimate of drug-likeness (QED) is 0.779. The second kappa shape index (κ2) is 6.01. The normalized spacial score (nSPS) is 18.5. The summed E-state index contributed by atoms with van der Waals surface area (Å²) >= 11 is 0. The van der Waals surface area contributed by atoms with Gasteiger partial charge in [0.2, 0.25) is 10.0 Å². The molecule has 22 heavy (non-hydrogen) atoms. The predicted octanol–water partition coefficient (Wildman–Crippen LogP) is 1.44. The average Bonchev–Trinajstić information content (AvgIpc) is 2.40. The van der Waals surface area contributed by atoms with Crippen molar-refractivity contribution < 1.29 is 26.7 Å². The number of aliphatic hydroxyl groups excluding tert-OH is 1. The van der Waals surface area contributed by atoms with E-state index in [1.165, 1.54) is 30.5 Å². The van der Waals surface area contributed by atoms with E-state index in [1.54, 1.807) is 0 Å². The van der Waals surface area contributed by atoms with Crippen LogP contribution < -0.4 is 10.0 Å². The number of rotatable bonds is 4. The third kappa shape index (κ3) is 4.01. The molecule has 1 aliphatic heterocycles. The third-order valence-electron chi connectivity index (χ3n) is 2.86.